The van der Waals surface area contributed by atoms with E-state index in [1.807, 2.05) is 0 Å². The normalized spacial score (nSPS) is 25.5. The zero-order valence-corrected chi connectivity index (χ0v) is 14.3. The fourth-order valence-corrected chi connectivity index (χ4v) is 4.37. The van der Waals surface area contributed by atoms with Crippen molar-refractivity contribution in [2.45, 2.75) is 31.7 Å². The molecule has 2 aromatic carbocycles. The molecular weight excluding hydrogens is 334 g/mol. The zero-order valence-electron chi connectivity index (χ0n) is 12.7. The number of fused-ring (bicyclic) bond motifs is 3. The number of rotatable bonds is 2. The Bertz CT molecular complexity index is 717. The van der Waals surface area contributed by atoms with E-state index >= 15 is 0 Å². The third-order valence-electron chi connectivity index (χ3n) is 5.09. The number of hydrogen-bond acceptors (Lipinski definition) is 1. The van der Waals surface area contributed by atoms with Gasteiger partial charge in [-0.1, -0.05) is 55.5 Å². The summed E-state index contributed by atoms with van der Waals surface area (Å²) in [5.41, 5.74) is 5.49. The van der Waals surface area contributed by atoms with Gasteiger partial charge in [-0.15, -0.1) is 0 Å². The minimum Gasteiger partial charge on any atom is -0.377 e. The maximum atomic E-state index is 3.80. The highest BCUT2D eigenvalue weighted by Gasteiger charge is 2.38. The number of nitrogens with one attached hydrogen (secondary N) is 1. The summed E-state index contributed by atoms with van der Waals surface area (Å²) in [7, 11) is 0. The van der Waals surface area contributed by atoms with Crippen LogP contribution in [0.3, 0.4) is 0 Å². The third-order valence-corrected chi connectivity index (χ3v) is 5.75. The molecule has 0 unspecified atom stereocenters. The van der Waals surface area contributed by atoms with E-state index in [4.69, 9.17) is 0 Å². The molecule has 0 fully saturated rings. The van der Waals surface area contributed by atoms with Crippen LogP contribution in [-0.2, 0) is 6.42 Å². The molecule has 112 valence electrons. The molecule has 0 spiro atoms. The number of halogens is 1. The number of benzene rings is 2. The van der Waals surface area contributed by atoms with Gasteiger partial charge in [-0.05, 0) is 57.4 Å². The Morgan fingerprint density at radius 2 is 1.95 bits per heavy atom. The molecule has 0 radical (unpaired) electrons. The molecule has 3 atom stereocenters. The molecule has 0 bridgehead atoms. The summed E-state index contributed by atoms with van der Waals surface area (Å²) in [5, 5.41) is 3.80. The van der Waals surface area contributed by atoms with Gasteiger partial charge in [0, 0.05) is 10.4 Å². The van der Waals surface area contributed by atoms with Crippen LogP contribution in [0, 0.1) is 5.92 Å². The molecule has 2 heteroatoms. The number of allylic oxidation sites excluding steroid dienone is 2. The van der Waals surface area contributed by atoms with Crippen LogP contribution < -0.4 is 5.32 Å². The van der Waals surface area contributed by atoms with Gasteiger partial charge in [-0.2, -0.15) is 0 Å². The third kappa shape index (κ3) is 2.21. The quantitative estimate of drug-likeness (QED) is 0.668. The summed E-state index contributed by atoms with van der Waals surface area (Å²) in [6.07, 6.45) is 6.99. The van der Waals surface area contributed by atoms with Crippen molar-refractivity contribution in [1.82, 2.24) is 0 Å². The second-order valence-electron chi connectivity index (χ2n) is 6.27. The van der Waals surface area contributed by atoms with Gasteiger partial charge < -0.3 is 5.32 Å². The van der Waals surface area contributed by atoms with Crippen molar-refractivity contribution >= 4 is 21.6 Å². The van der Waals surface area contributed by atoms with E-state index in [0.29, 0.717) is 17.9 Å². The first-order valence-corrected chi connectivity index (χ1v) is 8.87. The van der Waals surface area contributed by atoms with Gasteiger partial charge >= 0.3 is 0 Å². The van der Waals surface area contributed by atoms with Crippen molar-refractivity contribution in [3.8, 4) is 0 Å². The van der Waals surface area contributed by atoms with E-state index in [-0.39, 0.29) is 0 Å². The Morgan fingerprint density at radius 3 is 2.73 bits per heavy atom. The highest BCUT2D eigenvalue weighted by Crippen LogP contribution is 2.51. The molecule has 22 heavy (non-hydrogen) atoms. The molecule has 4 rings (SSSR count). The molecule has 0 aromatic heterocycles. The van der Waals surface area contributed by atoms with Crippen LogP contribution in [0.25, 0.3) is 0 Å². The maximum absolute atomic E-state index is 3.80. The van der Waals surface area contributed by atoms with Crippen molar-refractivity contribution in [2.75, 3.05) is 5.32 Å². The van der Waals surface area contributed by atoms with Crippen LogP contribution in [0.5, 0.6) is 0 Å². The lowest BCUT2D eigenvalue weighted by Crippen LogP contribution is -2.29. The Balaban J connectivity index is 1.76. The summed E-state index contributed by atoms with van der Waals surface area (Å²) < 4.78 is 1.17. The van der Waals surface area contributed by atoms with Crippen LogP contribution in [0.4, 0.5) is 5.69 Å². The lowest BCUT2D eigenvalue weighted by Gasteiger charge is -2.38. The fraction of sp³-hybridized carbons (Fsp3) is 0.300. The summed E-state index contributed by atoms with van der Waals surface area (Å²) in [5.74, 6) is 1.15. The highest BCUT2D eigenvalue weighted by molar-refractivity contribution is 9.10. The highest BCUT2D eigenvalue weighted by atomic mass is 79.9. The SMILES string of the molecule is CCc1ccc([C@@H]2Nc3c(Br)cccc3[C@@H]3C=CC[C@@H]32)cc1. The molecule has 1 aliphatic carbocycles. The lowest BCUT2D eigenvalue weighted by molar-refractivity contribution is 0.425. The van der Waals surface area contributed by atoms with Gasteiger partial charge in [0.1, 0.15) is 0 Å². The van der Waals surface area contributed by atoms with Gasteiger partial charge in [0.25, 0.3) is 0 Å². The first kappa shape index (κ1) is 14.1. The Kier molecular flexibility index (Phi) is 3.57. The molecular formula is C20H20BrN. The van der Waals surface area contributed by atoms with Crippen LogP contribution in [0.15, 0.2) is 59.1 Å². The number of hydrogen-bond donors (Lipinski definition) is 1. The monoisotopic (exact) mass is 353 g/mol. The van der Waals surface area contributed by atoms with Gasteiger partial charge in [0.05, 0.1) is 11.7 Å². The van der Waals surface area contributed by atoms with Crippen LogP contribution >= 0.6 is 15.9 Å². The first-order valence-electron chi connectivity index (χ1n) is 8.08. The smallest absolute Gasteiger partial charge is 0.0554 e. The first-order chi connectivity index (χ1) is 10.8. The van der Waals surface area contributed by atoms with E-state index < -0.39 is 0 Å². The summed E-state index contributed by atoms with van der Waals surface area (Å²) in [4.78, 5) is 0. The van der Waals surface area contributed by atoms with E-state index in [2.05, 4.69) is 82.8 Å². The second-order valence-corrected chi connectivity index (χ2v) is 7.13. The second kappa shape index (κ2) is 5.58. The van der Waals surface area contributed by atoms with Crippen LogP contribution in [-0.4, -0.2) is 0 Å². The average molecular weight is 354 g/mol. The van der Waals surface area contributed by atoms with Crippen molar-refractivity contribution in [2.24, 2.45) is 5.92 Å². The zero-order chi connectivity index (χ0) is 15.1. The molecule has 1 N–H and O–H groups in total. The largest absolute Gasteiger partial charge is 0.377 e. The summed E-state index contributed by atoms with van der Waals surface area (Å²) in [6.45, 7) is 2.21. The Morgan fingerprint density at radius 1 is 1.14 bits per heavy atom. The average Bonchev–Trinajstić information content (AvgIpc) is 3.05. The van der Waals surface area contributed by atoms with Crippen molar-refractivity contribution in [3.63, 3.8) is 0 Å². The molecule has 2 aliphatic rings. The molecule has 0 saturated carbocycles. The molecule has 1 nitrogen and oxygen atoms in total. The molecule has 2 aromatic rings. The topological polar surface area (TPSA) is 12.0 Å². The van der Waals surface area contributed by atoms with Gasteiger partial charge in [-0.25, -0.2) is 0 Å². The van der Waals surface area contributed by atoms with Crippen LogP contribution in [0.1, 0.15) is 42.0 Å². The van der Waals surface area contributed by atoms with Gasteiger partial charge in [0.2, 0.25) is 0 Å². The van der Waals surface area contributed by atoms with Gasteiger partial charge in [-0.3, -0.25) is 0 Å². The molecule has 0 amide bonds. The van der Waals surface area contributed by atoms with E-state index in [0.717, 1.165) is 12.8 Å². The predicted octanol–water partition coefficient (Wildman–Crippen LogP) is 5.84. The number of aryl methyl sites for hydroxylation is 1. The van der Waals surface area contributed by atoms with Crippen molar-refractivity contribution < 1.29 is 0 Å². The molecule has 1 aliphatic heterocycles. The minimum absolute atomic E-state index is 0.386. The molecule has 0 saturated heterocycles. The van der Waals surface area contributed by atoms with Crippen molar-refractivity contribution in [1.29, 1.82) is 0 Å². The van der Waals surface area contributed by atoms with Crippen LogP contribution in [0.2, 0.25) is 0 Å². The Hall–Kier alpha value is -1.54. The number of para-hydroxylation sites is 1. The van der Waals surface area contributed by atoms with E-state index in [1.54, 1.807) is 0 Å². The van der Waals surface area contributed by atoms with Crippen molar-refractivity contribution in [3.05, 3.63) is 75.8 Å². The predicted molar refractivity (Wildman–Crippen MR) is 96.3 cm³/mol. The lowest BCUT2D eigenvalue weighted by atomic mass is 9.77. The van der Waals surface area contributed by atoms with E-state index in [1.165, 1.54) is 26.9 Å². The maximum Gasteiger partial charge on any atom is 0.0554 e. The fourth-order valence-electron chi connectivity index (χ4n) is 3.87. The minimum atomic E-state index is 0.386. The van der Waals surface area contributed by atoms with Gasteiger partial charge in [0.15, 0.2) is 0 Å². The summed E-state index contributed by atoms with van der Waals surface area (Å²) in [6, 6.07) is 16.1. The molecule has 1 heterocycles. The summed E-state index contributed by atoms with van der Waals surface area (Å²) >= 11 is 3.72. The standard InChI is InChI=1S/C20H20BrN/c1-2-13-9-11-14(12-10-13)19-16-6-3-5-15(16)17-7-4-8-18(21)20(17)22-19/h3-5,7-12,15-16,19,22H,2,6H2,1H3/t15-,16+,19+/m1/s1. The number of anilines is 1. The van der Waals surface area contributed by atoms with E-state index in [9.17, 15) is 0 Å². The Labute approximate surface area is 140 Å².